The number of carbonyl (C=O) groups is 2. The first-order valence-electron chi connectivity index (χ1n) is 6.43. The first-order chi connectivity index (χ1) is 9.99. The molecule has 0 bridgehead atoms. The second-order valence-electron chi connectivity index (χ2n) is 4.44. The Morgan fingerprint density at radius 1 is 1.33 bits per heavy atom. The Hall–Kier alpha value is -2.44. The average Bonchev–Trinajstić information content (AvgIpc) is 2.45. The molecule has 0 aliphatic heterocycles. The predicted molar refractivity (Wildman–Crippen MR) is 75.1 cm³/mol. The van der Waals surface area contributed by atoms with Gasteiger partial charge >= 0.3 is 0 Å². The molecule has 0 N–H and O–H groups in total. The normalized spacial score (nSPS) is 10.0. The van der Waals surface area contributed by atoms with Gasteiger partial charge in [0.2, 0.25) is 0 Å². The highest BCUT2D eigenvalue weighted by atomic mass is 16.6. The van der Waals surface area contributed by atoms with Crippen LogP contribution in [0.25, 0.3) is 0 Å². The summed E-state index contributed by atoms with van der Waals surface area (Å²) in [4.78, 5) is 31.9. The van der Waals surface area contributed by atoms with E-state index in [0.29, 0.717) is 32.2 Å². The van der Waals surface area contributed by atoms with E-state index in [0.717, 1.165) is 0 Å². The highest BCUT2D eigenvalue weighted by Gasteiger charge is 2.19. The summed E-state index contributed by atoms with van der Waals surface area (Å²) in [7, 11) is 1.39. The van der Waals surface area contributed by atoms with Gasteiger partial charge in [0, 0.05) is 12.5 Å². The highest BCUT2D eigenvalue weighted by Crippen LogP contribution is 2.34. The van der Waals surface area contributed by atoms with Crippen LogP contribution in [0.3, 0.4) is 0 Å². The molecular weight excluding hydrogens is 278 g/mol. The highest BCUT2D eigenvalue weighted by molar-refractivity contribution is 5.83. The first kappa shape index (κ1) is 16.6. The molecule has 21 heavy (non-hydrogen) atoms. The molecule has 0 radical (unpaired) electrons. The fraction of sp³-hybridized carbons (Fsp3) is 0.429. The van der Waals surface area contributed by atoms with Crippen LogP contribution < -0.4 is 9.47 Å². The van der Waals surface area contributed by atoms with E-state index in [1.165, 1.54) is 26.2 Å². The Labute approximate surface area is 122 Å². The quantitative estimate of drug-likeness (QED) is 0.300. The molecule has 7 heteroatoms. The number of nitro benzene ring substituents is 1. The number of hydrogen-bond acceptors (Lipinski definition) is 6. The zero-order chi connectivity index (χ0) is 15.8. The van der Waals surface area contributed by atoms with Crippen LogP contribution in [0.1, 0.15) is 36.5 Å². The lowest BCUT2D eigenvalue weighted by atomic mass is 10.1. The van der Waals surface area contributed by atoms with E-state index in [1.807, 2.05) is 0 Å². The lowest BCUT2D eigenvalue weighted by molar-refractivity contribution is -0.385. The molecule has 0 heterocycles. The molecule has 7 nitrogen and oxygen atoms in total. The van der Waals surface area contributed by atoms with Gasteiger partial charge in [-0.3, -0.25) is 14.9 Å². The van der Waals surface area contributed by atoms with Crippen LogP contribution in [0.5, 0.6) is 11.5 Å². The number of nitrogens with zero attached hydrogens (tertiary/aromatic N) is 1. The number of carbonyl (C=O) groups excluding carboxylic acids is 2. The van der Waals surface area contributed by atoms with Crippen LogP contribution in [-0.2, 0) is 4.79 Å². The summed E-state index contributed by atoms with van der Waals surface area (Å²) >= 11 is 0. The molecule has 0 fully saturated rings. The fourth-order valence-corrected chi connectivity index (χ4v) is 1.75. The minimum absolute atomic E-state index is 0.0687. The van der Waals surface area contributed by atoms with Crippen LogP contribution in [0, 0.1) is 10.1 Å². The fourth-order valence-electron chi connectivity index (χ4n) is 1.75. The van der Waals surface area contributed by atoms with Gasteiger partial charge in [0.05, 0.1) is 30.3 Å². The van der Waals surface area contributed by atoms with Gasteiger partial charge in [-0.15, -0.1) is 0 Å². The van der Waals surface area contributed by atoms with E-state index in [1.54, 1.807) is 0 Å². The van der Waals surface area contributed by atoms with Crippen LogP contribution in [-0.4, -0.2) is 30.7 Å². The van der Waals surface area contributed by atoms with Crippen molar-refractivity contribution in [3.63, 3.8) is 0 Å². The maximum absolute atomic E-state index is 10.9. The minimum Gasteiger partial charge on any atom is -0.493 e. The van der Waals surface area contributed by atoms with Crippen molar-refractivity contribution >= 4 is 17.8 Å². The van der Waals surface area contributed by atoms with Crippen LogP contribution in [0.2, 0.25) is 0 Å². The summed E-state index contributed by atoms with van der Waals surface area (Å²) in [5.74, 6) is 0.574. The number of ether oxygens (including phenoxy) is 2. The van der Waals surface area contributed by atoms with Crippen LogP contribution in [0.15, 0.2) is 12.1 Å². The molecule has 0 atom stereocenters. The number of aldehydes is 1. The monoisotopic (exact) mass is 295 g/mol. The van der Waals surface area contributed by atoms with Crippen molar-refractivity contribution < 1.29 is 24.0 Å². The Bertz CT molecular complexity index is 541. The Kier molecular flexibility index (Phi) is 6.32. The third kappa shape index (κ3) is 4.87. The molecule has 0 aromatic heterocycles. The van der Waals surface area contributed by atoms with Gasteiger partial charge in [-0.25, -0.2) is 0 Å². The second-order valence-corrected chi connectivity index (χ2v) is 4.44. The van der Waals surface area contributed by atoms with Crippen molar-refractivity contribution in [1.29, 1.82) is 0 Å². The van der Waals surface area contributed by atoms with Gasteiger partial charge in [-0.05, 0) is 19.8 Å². The lowest BCUT2D eigenvalue weighted by Crippen LogP contribution is -2.03. The number of unbranched alkanes of at least 4 members (excludes halogenated alkanes) is 1. The molecule has 0 saturated carbocycles. The van der Waals surface area contributed by atoms with E-state index in [2.05, 4.69) is 0 Å². The molecule has 0 aliphatic carbocycles. The number of hydrogen-bond donors (Lipinski definition) is 0. The van der Waals surface area contributed by atoms with Crippen molar-refractivity contribution in [2.45, 2.75) is 26.2 Å². The van der Waals surface area contributed by atoms with Gasteiger partial charge in [-0.2, -0.15) is 0 Å². The van der Waals surface area contributed by atoms with Crippen molar-refractivity contribution in [3.8, 4) is 11.5 Å². The Morgan fingerprint density at radius 3 is 2.57 bits per heavy atom. The summed E-state index contributed by atoms with van der Waals surface area (Å²) in [6.45, 7) is 1.83. The Morgan fingerprint density at radius 2 is 2.05 bits per heavy atom. The second kappa shape index (κ2) is 7.98. The molecule has 0 amide bonds. The number of rotatable bonds is 9. The van der Waals surface area contributed by atoms with Gasteiger partial charge in [-0.1, -0.05) is 0 Å². The van der Waals surface area contributed by atoms with Gasteiger partial charge in [0.1, 0.15) is 5.78 Å². The van der Waals surface area contributed by atoms with Crippen molar-refractivity contribution in [3.05, 3.63) is 27.8 Å². The summed E-state index contributed by atoms with van der Waals surface area (Å²) in [6, 6.07) is 2.45. The SMILES string of the molecule is COc1cc(C=O)c([N+](=O)[O-])cc1OCCCCC(C)=O. The van der Waals surface area contributed by atoms with Crippen LogP contribution in [0.4, 0.5) is 5.69 Å². The number of Topliss-reactive ketones (excluding diaryl/α,β-unsaturated/α-hetero) is 1. The third-order valence-electron chi connectivity index (χ3n) is 2.82. The Balaban J connectivity index is 2.80. The third-order valence-corrected chi connectivity index (χ3v) is 2.82. The van der Waals surface area contributed by atoms with Gasteiger partial charge in [0.15, 0.2) is 17.8 Å². The molecule has 0 aliphatic rings. The molecule has 1 rings (SSSR count). The van der Waals surface area contributed by atoms with E-state index in [-0.39, 0.29) is 28.5 Å². The average molecular weight is 295 g/mol. The maximum atomic E-state index is 10.9. The largest absolute Gasteiger partial charge is 0.493 e. The molecule has 0 saturated heterocycles. The standard InChI is InChI=1S/C14H17NO6/c1-10(17)5-3-4-6-21-14-8-12(15(18)19)11(9-16)7-13(14)20-2/h7-9H,3-6H2,1-2H3. The number of benzene rings is 1. The van der Waals surface area contributed by atoms with E-state index >= 15 is 0 Å². The summed E-state index contributed by atoms with van der Waals surface area (Å²) in [5.41, 5.74) is -0.398. The number of nitro groups is 1. The van der Waals surface area contributed by atoms with E-state index < -0.39 is 4.92 Å². The van der Waals surface area contributed by atoms with Gasteiger partial charge < -0.3 is 14.3 Å². The summed E-state index contributed by atoms with van der Waals surface area (Å²) in [5, 5.41) is 10.9. The zero-order valence-electron chi connectivity index (χ0n) is 12.0. The smallest absolute Gasteiger partial charge is 0.283 e. The molecule has 0 unspecified atom stereocenters. The first-order valence-corrected chi connectivity index (χ1v) is 6.43. The predicted octanol–water partition coefficient (Wildman–Crippen LogP) is 2.55. The summed E-state index contributed by atoms with van der Waals surface area (Å²) in [6.07, 6.45) is 2.21. The zero-order valence-corrected chi connectivity index (χ0v) is 12.0. The minimum atomic E-state index is -0.647. The topological polar surface area (TPSA) is 95.7 Å². The van der Waals surface area contributed by atoms with Gasteiger partial charge in [0.25, 0.3) is 5.69 Å². The lowest BCUT2D eigenvalue weighted by Gasteiger charge is -2.11. The molecule has 1 aromatic carbocycles. The summed E-state index contributed by atoms with van der Waals surface area (Å²) < 4.78 is 10.5. The molecular formula is C14H17NO6. The van der Waals surface area contributed by atoms with E-state index in [4.69, 9.17) is 9.47 Å². The molecule has 0 spiro atoms. The van der Waals surface area contributed by atoms with Crippen LogP contribution >= 0.6 is 0 Å². The van der Waals surface area contributed by atoms with Crippen molar-refractivity contribution in [2.75, 3.05) is 13.7 Å². The molecule has 114 valence electrons. The number of methoxy groups -OCH3 is 1. The van der Waals surface area contributed by atoms with Crippen molar-refractivity contribution in [1.82, 2.24) is 0 Å². The number of ketones is 1. The van der Waals surface area contributed by atoms with Crippen molar-refractivity contribution in [2.24, 2.45) is 0 Å². The molecule has 1 aromatic rings. The van der Waals surface area contributed by atoms with E-state index in [9.17, 15) is 19.7 Å². The maximum Gasteiger partial charge on any atom is 0.283 e.